The number of allylic oxidation sites excluding steroid dienone is 22. The van der Waals surface area contributed by atoms with Crippen LogP contribution < -0.4 is 0 Å². The fourth-order valence-electron chi connectivity index (χ4n) is 9.72. The topological polar surface area (TPSA) is 237 Å². The van der Waals surface area contributed by atoms with Crippen molar-refractivity contribution in [2.24, 2.45) is 0 Å². The number of phosphoric acid groups is 2. The van der Waals surface area contributed by atoms with Gasteiger partial charge in [-0.2, -0.15) is 0 Å². The molecule has 0 aromatic heterocycles. The minimum atomic E-state index is -5.00. The molecular weight excluding hydrogens is 1310 g/mol. The summed E-state index contributed by atoms with van der Waals surface area (Å²) in [7, 11) is -9.98. The predicted octanol–water partition coefficient (Wildman–Crippen LogP) is 22.1. The quantitative estimate of drug-likeness (QED) is 0.0169. The third kappa shape index (κ3) is 71.6. The van der Waals surface area contributed by atoms with E-state index in [2.05, 4.69) is 143 Å². The van der Waals surface area contributed by atoms with Crippen molar-refractivity contribution < 1.29 is 80.2 Å². The third-order valence-electron chi connectivity index (χ3n) is 15.6. The van der Waals surface area contributed by atoms with E-state index in [1.165, 1.54) is 44.9 Å². The van der Waals surface area contributed by atoms with Gasteiger partial charge in [-0.05, 0) is 148 Å². The molecular formula is C81H136O17P2. The van der Waals surface area contributed by atoms with Crippen molar-refractivity contribution in [1.82, 2.24) is 0 Å². The lowest BCUT2D eigenvalue weighted by Gasteiger charge is -2.21. The third-order valence-corrected chi connectivity index (χ3v) is 17.5. The highest BCUT2D eigenvalue weighted by atomic mass is 31.2. The molecule has 0 radical (unpaired) electrons. The van der Waals surface area contributed by atoms with Crippen LogP contribution in [0, 0.1) is 0 Å². The molecule has 0 aliphatic heterocycles. The van der Waals surface area contributed by atoms with Crippen molar-refractivity contribution >= 4 is 39.5 Å². The standard InChI is InChI=1S/C81H136O17P2/c1-5-9-13-17-21-25-29-33-35-36-37-38-40-43-46-50-54-58-62-66-79(84)92-72-77(98-81(86)68-64-60-56-52-48-44-39-34-30-26-22-18-14-10-6-2)74-96-100(89,90)94-70-75(82)69-93-99(87,88)95-73-76(97-80(85)67-63-59-55-51-47-42-32-28-24-20-16-12-8-4)71-91-78(83)65-61-57-53-49-45-41-31-27-23-19-15-11-7-3/h9,13,15,19,21-22,25-28,31-35,37-39,43,46,54,58,75-77,82H,5-8,10-12,14,16-18,20,23-24,29-30,36,40-42,44-45,47-53,55-57,59-74H2,1-4H3,(H,87,88)(H,89,90)/b13-9-,19-15-,25-21-,26-22-,31-27-,32-28-,35-33-,38-37-,39-34-,46-43-,58-54-. The molecule has 0 aliphatic rings. The molecule has 5 atom stereocenters. The highest BCUT2D eigenvalue weighted by molar-refractivity contribution is 7.47. The zero-order valence-corrected chi connectivity index (χ0v) is 64.1. The molecule has 5 unspecified atom stereocenters. The van der Waals surface area contributed by atoms with Crippen molar-refractivity contribution in [3.63, 3.8) is 0 Å². The van der Waals surface area contributed by atoms with E-state index in [0.29, 0.717) is 32.1 Å². The van der Waals surface area contributed by atoms with Crippen LogP contribution in [0.1, 0.15) is 297 Å². The maximum atomic E-state index is 13.1. The second-order valence-electron chi connectivity index (χ2n) is 25.2. The van der Waals surface area contributed by atoms with Crippen LogP contribution >= 0.6 is 15.6 Å². The fourth-order valence-corrected chi connectivity index (χ4v) is 11.3. The lowest BCUT2D eigenvalue weighted by Crippen LogP contribution is -2.30. The van der Waals surface area contributed by atoms with Gasteiger partial charge in [0.2, 0.25) is 0 Å². The van der Waals surface area contributed by atoms with Gasteiger partial charge in [-0.3, -0.25) is 37.3 Å². The first-order valence-electron chi connectivity index (χ1n) is 38.4. The molecule has 0 amide bonds. The number of aliphatic hydroxyl groups excluding tert-OH is 1. The molecule has 0 fully saturated rings. The molecule has 0 rings (SSSR count). The van der Waals surface area contributed by atoms with E-state index in [-0.39, 0.29) is 25.7 Å². The van der Waals surface area contributed by atoms with Crippen LogP contribution in [0.15, 0.2) is 134 Å². The van der Waals surface area contributed by atoms with Crippen LogP contribution in [0.5, 0.6) is 0 Å². The Balaban J connectivity index is 5.44. The number of carbonyl (C=O) groups is 4. The number of aliphatic hydroxyl groups is 1. The van der Waals surface area contributed by atoms with Crippen LogP contribution in [0.25, 0.3) is 0 Å². The molecule has 0 bridgehead atoms. The zero-order chi connectivity index (χ0) is 73.2. The van der Waals surface area contributed by atoms with Crippen LogP contribution in [0.3, 0.4) is 0 Å². The molecule has 0 heterocycles. The smallest absolute Gasteiger partial charge is 0.462 e. The Kier molecular flexibility index (Phi) is 69.1. The van der Waals surface area contributed by atoms with E-state index in [4.69, 9.17) is 37.0 Å². The molecule has 100 heavy (non-hydrogen) atoms. The average molecular weight is 1440 g/mol. The van der Waals surface area contributed by atoms with Crippen LogP contribution in [-0.2, 0) is 65.4 Å². The summed E-state index contributed by atoms with van der Waals surface area (Å²) in [4.78, 5) is 72.8. The van der Waals surface area contributed by atoms with Gasteiger partial charge in [-0.25, -0.2) is 9.13 Å². The molecule has 17 nitrogen and oxygen atoms in total. The molecule has 0 aromatic carbocycles. The van der Waals surface area contributed by atoms with Crippen molar-refractivity contribution in [1.29, 1.82) is 0 Å². The minimum Gasteiger partial charge on any atom is -0.462 e. The van der Waals surface area contributed by atoms with Crippen molar-refractivity contribution in [2.45, 2.75) is 316 Å². The SMILES string of the molecule is CC/C=C\C/C=C\C/C=C\C/C=C\C/C=C\C/C=C\CCC(=O)OCC(COP(=O)(O)OCC(O)COP(=O)(O)OCC(COC(=O)CCCCCCC/C=C\C/C=C\CCC)OC(=O)CCCCCCC/C=C\CCCCCC)OC(=O)CCCCCCC/C=C\C/C=C\CCCCC. The molecule has 0 spiro atoms. The van der Waals surface area contributed by atoms with Gasteiger partial charge >= 0.3 is 39.5 Å². The van der Waals surface area contributed by atoms with Gasteiger partial charge in [0.1, 0.15) is 19.3 Å². The Morgan fingerprint density at radius 2 is 0.560 bits per heavy atom. The summed E-state index contributed by atoms with van der Waals surface area (Å²) in [6, 6.07) is 0. The Morgan fingerprint density at radius 1 is 0.290 bits per heavy atom. The number of unbranched alkanes of at least 4 members (excludes halogenated alkanes) is 23. The van der Waals surface area contributed by atoms with E-state index in [1.54, 1.807) is 0 Å². The number of esters is 4. The summed E-state index contributed by atoms with van der Waals surface area (Å²) in [6.07, 6.45) is 80.3. The highest BCUT2D eigenvalue weighted by Crippen LogP contribution is 2.45. The summed E-state index contributed by atoms with van der Waals surface area (Å²) in [5.74, 6) is -2.32. The summed E-state index contributed by atoms with van der Waals surface area (Å²) in [5.41, 5.74) is 0. The number of carbonyl (C=O) groups excluding carboxylic acids is 4. The Hall–Kier alpha value is -4.80. The maximum Gasteiger partial charge on any atom is 0.472 e. The largest absolute Gasteiger partial charge is 0.472 e. The summed E-state index contributed by atoms with van der Waals surface area (Å²) >= 11 is 0. The van der Waals surface area contributed by atoms with Gasteiger partial charge in [0.05, 0.1) is 26.4 Å². The first-order valence-corrected chi connectivity index (χ1v) is 41.4. The second-order valence-corrected chi connectivity index (χ2v) is 28.1. The zero-order valence-electron chi connectivity index (χ0n) is 62.3. The molecule has 3 N–H and O–H groups in total. The van der Waals surface area contributed by atoms with E-state index >= 15 is 0 Å². The molecule has 0 saturated heterocycles. The van der Waals surface area contributed by atoms with Crippen LogP contribution in [0.2, 0.25) is 0 Å². The van der Waals surface area contributed by atoms with E-state index in [1.807, 2.05) is 18.2 Å². The predicted molar refractivity (Wildman–Crippen MR) is 408 cm³/mol. The first-order chi connectivity index (χ1) is 48.7. The Labute approximate surface area is 605 Å². The highest BCUT2D eigenvalue weighted by Gasteiger charge is 2.30. The summed E-state index contributed by atoms with van der Waals surface area (Å²) in [6.45, 7) is 4.52. The normalized spacial score (nSPS) is 14.7. The molecule has 0 saturated carbocycles. The van der Waals surface area contributed by atoms with Gasteiger partial charge < -0.3 is 33.8 Å². The molecule has 0 aromatic rings. The van der Waals surface area contributed by atoms with Gasteiger partial charge in [0.25, 0.3) is 0 Å². The average Bonchev–Trinajstić information content (AvgIpc) is 0.946. The minimum absolute atomic E-state index is 0.0298. The number of rotatable bonds is 71. The van der Waals surface area contributed by atoms with Crippen molar-refractivity contribution in [3.05, 3.63) is 134 Å². The van der Waals surface area contributed by atoms with Crippen LogP contribution in [0.4, 0.5) is 0 Å². The van der Waals surface area contributed by atoms with Gasteiger partial charge in [0, 0.05) is 25.7 Å². The fraction of sp³-hybridized carbons (Fsp3) is 0.679. The van der Waals surface area contributed by atoms with Crippen LogP contribution in [-0.4, -0.2) is 96.7 Å². The maximum absolute atomic E-state index is 13.1. The Morgan fingerprint density at radius 3 is 0.930 bits per heavy atom. The van der Waals surface area contributed by atoms with Crippen molar-refractivity contribution in [2.75, 3.05) is 39.6 Å². The van der Waals surface area contributed by atoms with Crippen molar-refractivity contribution in [3.8, 4) is 0 Å². The van der Waals surface area contributed by atoms with Gasteiger partial charge in [-0.15, -0.1) is 0 Å². The van der Waals surface area contributed by atoms with Gasteiger partial charge in [-0.1, -0.05) is 258 Å². The number of ether oxygens (including phenoxy) is 4. The van der Waals surface area contributed by atoms with E-state index in [9.17, 15) is 43.2 Å². The molecule has 572 valence electrons. The summed E-state index contributed by atoms with van der Waals surface area (Å²) in [5, 5.41) is 10.6. The number of hydrogen-bond acceptors (Lipinski definition) is 15. The monoisotopic (exact) mass is 1440 g/mol. The number of phosphoric ester groups is 2. The molecule has 19 heteroatoms. The molecule has 0 aliphatic carbocycles. The lowest BCUT2D eigenvalue weighted by atomic mass is 10.1. The summed E-state index contributed by atoms with van der Waals surface area (Å²) < 4.78 is 68.4. The first kappa shape index (κ1) is 95.2. The van der Waals surface area contributed by atoms with Gasteiger partial charge in [0.15, 0.2) is 12.2 Å². The van der Waals surface area contributed by atoms with E-state index in [0.717, 1.165) is 167 Å². The second kappa shape index (κ2) is 72.5. The lowest BCUT2D eigenvalue weighted by molar-refractivity contribution is -0.161. The number of hydrogen-bond donors (Lipinski definition) is 3. The Bertz CT molecular complexity index is 2420. The van der Waals surface area contributed by atoms with E-state index < -0.39 is 97.5 Å².